The fraction of sp³-hybridized carbons (Fsp3) is 0.700. The summed E-state index contributed by atoms with van der Waals surface area (Å²) in [7, 11) is 1.79. The molecule has 0 radical (unpaired) electrons. The van der Waals surface area contributed by atoms with Crippen LogP contribution in [0.4, 0.5) is 0 Å². The first-order valence-corrected chi connectivity index (χ1v) is 9.63. The van der Waals surface area contributed by atoms with Crippen molar-refractivity contribution >= 4 is 5.91 Å². The van der Waals surface area contributed by atoms with Crippen LogP contribution in [0.2, 0.25) is 0 Å². The van der Waals surface area contributed by atoms with Crippen LogP contribution in [0.5, 0.6) is 0 Å². The average Bonchev–Trinajstić information content (AvgIpc) is 2.98. The summed E-state index contributed by atoms with van der Waals surface area (Å²) in [6.07, 6.45) is 3.94. The van der Waals surface area contributed by atoms with Gasteiger partial charge < -0.3 is 14.4 Å². The van der Waals surface area contributed by atoms with Gasteiger partial charge in [-0.05, 0) is 37.3 Å². The number of carbonyl (C=O) groups is 1. The first-order chi connectivity index (χ1) is 12.7. The molecule has 2 saturated heterocycles. The third-order valence-corrected chi connectivity index (χ3v) is 5.90. The molecule has 0 aliphatic carbocycles. The van der Waals surface area contributed by atoms with Crippen LogP contribution >= 0.6 is 0 Å². The summed E-state index contributed by atoms with van der Waals surface area (Å²) >= 11 is 0. The molecule has 1 unspecified atom stereocenters. The van der Waals surface area contributed by atoms with Crippen molar-refractivity contribution in [2.45, 2.75) is 26.3 Å². The highest BCUT2D eigenvalue weighted by Crippen LogP contribution is 2.45. The Morgan fingerprint density at radius 3 is 2.81 bits per heavy atom. The topological polar surface area (TPSA) is 54.9 Å². The minimum absolute atomic E-state index is 0.119. The Morgan fingerprint density at radius 2 is 2.15 bits per heavy atom. The summed E-state index contributed by atoms with van der Waals surface area (Å²) in [5.74, 6) is 0.633. The molecule has 0 aromatic carbocycles. The molecule has 3 heterocycles. The van der Waals surface area contributed by atoms with E-state index in [1.807, 2.05) is 30.2 Å². The van der Waals surface area contributed by atoms with Gasteiger partial charge in [0.2, 0.25) is 5.91 Å². The second-order valence-corrected chi connectivity index (χ2v) is 7.52. The van der Waals surface area contributed by atoms with Crippen molar-refractivity contribution in [1.29, 1.82) is 0 Å². The molecule has 2 aliphatic rings. The number of ether oxygens (including phenoxy) is 2. The molecule has 144 valence electrons. The molecule has 0 saturated carbocycles. The Bertz CT molecular complexity index is 573. The van der Waals surface area contributed by atoms with Gasteiger partial charge in [-0.3, -0.25) is 14.7 Å². The average molecular weight is 361 g/mol. The number of aromatic nitrogens is 1. The van der Waals surface area contributed by atoms with Crippen molar-refractivity contribution in [3.05, 3.63) is 30.1 Å². The van der Waals surface area contributed by atoms with Crippen LogP contribution in [-0.4, -0.2) is 73.8 Å². The highest BCUT2D eigenvalue weighted by molar-refractivity contribution is 5.77. The summed E-state index contributed by atoms with van der Waals surface area (Å²) in [5.41, 5.74) is 1.36. The van der Waals surface area contributed by atoms with Crippen molar-refractivity contribution in [1.82, 2.24) is 14.8 Å². The molecule has 1 aromatic rings. The van der Waals surface area contributed by atoms with Crippen LogP contribution in [0, 0.1) is 11.3 Å². The number of pyridine rings is 1. The van der Waals surface area contributed by atoms with Gasteiger partial charge in [0.05, 0.1) is 12.3 Å². The molecule has 6 heteroatoms. The monoisotopic (exact) mass is 361 g/mol. The molecule has 1 atom stereocenters. The number of rotatable bonds is 7. The molecule has 2 fully saturated rings. The summed E-state index contributed by atoms with van der Waals surface area (Å²) in [4.78, 5) is 21.2. The van der Waals surface area contributed by atoms with Crippen molar-refractivity contribution in [2.24, 2.45) is 11.3 Å². The van der Waals surface area contributed by atoms with E-state index in [-0.39, 0.29) is 17.9 Å². The van der Waals surface area contributed by atoms with Crippen LogP contribution in [0.3, 0.4) is 0 Å². The molecule has 1 spiro atoms. The summed E-state index contributed by atoms with van der Waals surface area (Å²) in [6, 6.07) is 6.09. The minimum Gasteiger partial charge on any atom is -0.384 e. The molecular weight excluding hydrogens is 330 g/mol. The Morgan fingerprint density at radius 1 is 1.35 bits per heavy atom. The van der Waals surface area contributed by atoms with Crippen LogP contribution < -0.4 is 0 Å². The lowest BCUT2D eigenvalue weighted by atomic mass is 9.71. The summed E-state index contributed by atoms with van der Waals surface area (Å²) in [5, 5.41) is 0. The normalized spacial score (nSPS) is 22.8. The van der Waals surface area contributed by atoms with E-state index in [9.17, 15) is 4.79 Å². The number of amides is 1. The van der Waals surface area contributed by atoms with E-state index in [2.05, 4.69) is 16.0 Å². The number of likely N-dealkylation sites (tertiary alicyclic amines) is 2. The summed E-state index contributed by atoms with van der Waals surface area (Å²) < 4.78 is 10.8. The first kappa shape index (κ1) is 19.3. The van der Waals surface area contributed by atoms with E-state index in [0.29, 0.717) is 12.5 Å². The predicted octanol–water partition coefficient (Wildman–Crippen LogP) is 1.81. The lowest BCUT2D eigenvalue weighted by molar-refractivity contribution is -0.138. The van der Waals surface area contributed by atoms with Crippen molar-refractivity contribution in [3.63, 3.8) is 0 Å². The summed E-state index contributed by atoms with van der Waals surface area (Å²) in [6.45, 7) is 8.12. The van der Waals surface area contributed by atoms with E-state index in [0.717, 1.165) is 57.9 Å². The highest BCUT2D eigenvalue weighted by Gasteiger charge is 2.48. The standard InChI is InChI=1S/C20H31N3O3/c1-3-26-15-19(24)23-10-7-20(8-11-23)16-22(12-17(20)14-25-2)13-18-6-4-5-9-21-18/h4-6,9,17H,3,7-8,10-16H2,1-2H3. The van der Waals surface area contributed by atoms with E-state index in [1.54, 1.807) is 7.11 Å². The zero-order valence-electron chi connectivity index (χ0n) is 16.0. The van der Waals surface area contributed by atoms with Gasteiger partial charge in [0, 0.05) is 58.6 Å². The molecule has 0 bridgehead atoms. The zero-order valence-corrected chi connectivity index (χ0v) is 16.0. The van der Waals surface area contributed by atoms with Gasteiger partial charge in [0.25, 0.3) is 0 Å². The minimum atomic E-state index is 0.119. The van der Waals surface area contributed by atoms with E-state index in [1.165, 1.54) is 0 Å². The van der Waals surface area contributed by atoms with Gasteiger partial charge in [0.15, 0.2) is 0 Å². The second-order valence-electron chi connectivity index (χ2n) is 7.52. The maximum absolute atomic E-state index is 12.2. The van der Waals surface area contributed by atoms with Gasteiger partial charge in [-0.15, -0.1) is 0 Å². The first-order valence-electron chi connectivity index (χ1n) is 9.63. The molecule has 3 rings (SSSR count). The molecule has 1 aromatic heterocycles. The Balaban J connectivity index is 1.61. The van der Waals surface area contributed by atoms with Gasteiger partial charge in [0.1, 0.15) is 6.61 Å². The highest BCUT2D eigenvalue weighted by atomic mass is 16.5. The number of methoxy groups -OCH3 is 1. The molecule has 1 amide bonds. The largest absolute Gasteiger partial charge is 0.384 e. The van der Waals surface area contributed by atoms with Crippen LogP contribution in [0.1, 0.15) is 25.5 Å². The van der Waals surface area contributed by atoms with Crippen molar-refractivity contribution in [2.75, 3.05) is 53.1 Å². The van der Waals surface area contributed by atoms with Crippen molar-refractivity contribution in [3.8, 4) is 0 Å². The zero-order chi connectivity index (χ0) is 18.4. The van der Waals surface area contributed by atoms with Gasteiger partial charge >= 0.3 is 0 Å². The van der Waals surface area contributed by atoms with E-state index >= 15 is 0 Å². The van der Waals surface area contributed by atoms with Crippen molar-refractivity contribution < 1.29 is 14.3 Å². The maximum Gasteiger partial charge on any atom is 0.248 e. The second kappa shape index (κ2) is 8.93. The van der Waals surface area contributed by atoms with Crippen LogP contribution in [-0.2, 0) is 20.8 Å². The van der Waals surface area contributed by atoms with Crippen LogP contribution in [0.25, 0.3) is 0 Å². The number of piperidine rings is 1. The number of hydrogen-bond donors (Lipinski definition) is 0. The number of carbonyl (C=O) groups excluding carboxylic acids is 1. The Hall–Kier alpha value is -1.50. The lowest BCUT2D eigenvalue weighted by Crippen LogP contribution is -2.48. The molecule has 2 aliphatic heterocycles. The van der Waals surface area contributed by atoms with E-state index in [4.69, 9.17) is 9.47 Å². The van der Waals surface area contributed by atoms with Gasteiger partial charge in [-0.25, -0.2) is 0 Å². The van der Waals surface area contributed by atoms with E-state index < -0.39 is 0 Å². The SMILES string of the molecule is CCOCC(=O)N1CCC2(CC1)CN(Cc1ccccn1)CC2COC. The molecular formula is C20H31N3O3. The lowest BCUT2D eigenvalue weighted by Gasteiger charge is -2.42. The Labute approximate surface area is 156 Å². The fourth-order valence-electron chi connectivity index (χ4n) is 4.46. The molecule has 6 nitrogen and oxygen atoms in total. The Kier molecular flexibility index (Phi) is 6.62. The van der Waals surface area contributed by atoms with Crippen LogP contribution in [0.15, 0.2) is 24.4 Å². The predicted molar refractivity (Wildman–Crippen MR) is 99.6 cm³/mol. The fourth-order valence-corrected chi connectivity index (χ4v) is 4.46. The molecule has 26 heavy (non-hydrogen) atoms. The molecule has 0 N–H and O–H groups in total. The quantitative estimate of drug-likeness (QED) is 0.741. The third kappa shape index (κ3) is 4.42. The van der Waals surface area contributed by atoms with Gasteiger partial charge in [-0.2, -0.15) is 0 Å². The smallest absolute Gasteiger partial charge is 0.248 e. The maximum atomic E-state index is 12.2. The number of hydrogen-bond acceptors (Lipinski definition) is 5. The van der Waals surface area contributed by atoms with Gasteiger partial charge in [-0.1, -0.05) is 6.07 Å². The number of nitrogens with zero attached hydrogens (tertiary/aromatic N) is 3. The third-order valence-electron chi connectivity index (χ3n) is 5.90.